The number of anilines is 1. The summed E-state index contributed by atoms with van der Waals surface area (Å²) >= 11 is 0. The average Bonchev–Trinajstić information content (AvgIpc) is 2.85. The molecule has 8 nitrogen and oxygen atoms in total. The molecular weight excluding hydrogens is 250 g/mol. The van der Waals surface area contributed by atoms with E-state index in [1.54, 1.807) is 4.90 Å². The molecule has 0 aliphatic carbocycles. The molecule has 0 saturated carbocycles. The van der Waals surface area contributed by atoms with Crippen molar-refractivity contribution < 1.29 is 14.3 Å². The molecule has 1 aromatic rings. The van der Waals surface area contributed by atoms with Gasteiger partial charge in [0.25, 0.3) is 5.91 Å². The second-order valence-electron chi connectivity index (χ2n) is 4.35. The third kappa shape index (κ3) is 3.22. The first kappa shape index (κ1) is 13.3. The number of carbonyl (C=O) groups is 2. The minimum atomic E-state index is -0.263. The Morgan fingerprint density at radius 2 is 2.11 bits per heavy atom. The monoisotopic (exact) mass is 267 g/mol. The van der Waals surface area contributed by atoms with Crippen LogP contribution in [0.3, 0.4) is 0 Å². The largest absolute Gasteiger partial charge is 0.468 e. The molecule has 0 spiro atoms. The van der Waals surface area contributed by atoms with Gasteiger partial charge in [-0.05, 0) is 0 Å². The quantitative estimate of drug-likeness (QED) is 0.675. The molecule has 104 valence electrons. The molecule has 8 heteroatoms. The summed E-state index contributed by atoms with van der Waals surface area (Å²) in [4.78, 5) is 26.9. The molecule has 1 aromatic heterocycles. The number of aromatic amines is 1. The van der Waals surface area contributed by atoms with Crippen molar-refractivity contribution in [3.05, 3.63) is 11.8 Å². The molecule has 1 fully saturated rings. The molecule has 2 rings (SSSR count). The number of nitrogens with one attached hydrogen (secondary N) is 1. The molecule has 2 heterocycles. The second-order valence-corrected chi connectivity index (χ2v) is 4.35. The number of ether oxygens (including phenoxy) is 1. The lowest BCUT2D eigenvalue weighted by atomic mass is 10.2. The van der Waals surface area contributed by atoms with E-state index >= 15 is 0 Å². The first-order chi connectivity index (χ1) is 9.10. The van der Waals surface area contributed by atoms with E-state index < -0.39 is 0 Å². The van der Waals surface area contributed by atoms with Gasteiger partial charge in [-0.25, -0.2) is 0 Å². The smallest absolute Gasteiger partial charge is 0.319 e. The minimum Gasteiger partial charge on any atom is -0.468 e. The fraction of sp³-hybridized carbons (Fsp3) is 0.545. The zero-order chi connectivity index (χ0) is 13.8. The lowest BCUT2D eigenvalue weighted by Gasteiger charge is -2.33. The molecule has 1 aliphatic rings. The molecule has 0 bridgehead atoms. The Bertz CT molecular complexity index is 465. The van der Waals surface area contributed by atoms with Crippen LogP contribution in [0.5, 0.6) is 0 Å². The number of amides is 1. The predicted octanol–water partition coefficient (Wildman–Crippen LogP) is -1.08. The van der Waals surface area contributed by atoms with E-state index in [2.05, 4.69) is 14.9 Å². The fourth-order valence-corrected chi connectivity index (χ4v) is 1.97. The molecule has 1 saturated heterocycles. The van der Waals surface area contributed by atoms with E-state index in [9.17, 15) is 9.59 Å². The van der Waals surface area contributed by atoms with E-state index in [4.69, 9.17) is 5.73 Å². The third-order valence-corrected chi connectivity index (χ3v) is 3.07. The highest BCUT2D eigenvalue weighted by molar-refractivity contribution is 5.93. The lowest BCUT2D eigenvalue weighted by molar-refractivity contribution is -0.142. The third-order valence-electron chi connectivity index (χ3n) is 3.07. The number of aromatic nitrogens is 2. The standard InChI is InChI=1S/C11H17N5O3/c1-19-10(17)7-15-2-4-16(5-3-15)11(18)8-6-9(12)14-13-8/h6H,2-5,7H2,1H3,(H3,12,13,14). The summed E-state index contributed by atoms with van der Waals surface area (Å²) < 4.78 is 4.61. The maximum atomic E-state index is 12.1. The summed E-state index contributed by atoms with van der Waals surface area (Å²) in [5.74, 6) is -0.0873. The number of rotatable bonds is 3. The van der Waals surface area contributed by atoms with Crippen molar-refractivity contribution in [1.82, 2.24) is 20.0 Å². The molecular formula is C11H17N5O3. The van der Waals surface area contributed by atoms with Gasteiger partial charge >= 0.3 is 5.97 Å². The van der Waals surface area contributed by atoms with E-state index in [0.717, 1.165) is 0 Å². The molecule has 19 heavy (non-hydrogen) atoms. The van der Waals surface area contributed by atoms with Gasteiger partial charge in [-0.3, -0.25) is 19.6 Å². The minimum absolute atomic E-state index is 0.123. The van der Waals surface area contributed by atoms with Crippen molar-refractivity contribution >= 4 is 17.7 Å². The molecule has 0 atom stereocenters. The number of nitrogen functional groups attached to an aromatic ring is 1. The Morgan fingerprint density at radius 3 is 2.63 bits per heavy atom. The number of carbonyl (C=O) groups excluding carboxylic acids is 2. The zero-order valence-corrected chi connectivity index (χ0v) is 10.8. The SMILES string of the molecule is COC(=O)CN1CCN(C(=O)c2cc(N)n[nH]2)CC1. The van der Waals surface area contributed by atoms with Gasteiger partial charge in [-0.1, -0.05) is 0 Å². The van der Waals surface area contributed by atoms with Gasteiger partial charge in [0.2, 0.25) is 0 Å². The van der Waals surface area contributed by atoms with Crippen LogP contribution in [0.4, 0.5) is 5.82 Å². The summed E-state index contributed by atoms with van der Waals surface area (Å²) in [6, 6.07) is 1.52. The number of nitrogens with two attached hydrogens (primary N) is 1. The predicted molar refractivity (Wildman–Crippen MR) is 67.4 cm³/mol. The Morgan fingerprint density at radius 1 is 1.42 bits per heavy atom. The molecule has 0 aromatic carbocycles. The average molecular weight is 267 g/mol. The van der Waals surface area contributed by atoms with Crippen LogP contribution in [0.2, 0.25) is 0 Å². The highest BCUT2D eigenvalue weighted by Crippen LogP contribution is 2.08. The highest BCUT2D eigenvalue weighted by Gasteiger charge is 2.24. The number of piperazine rings is 1. The summed E-state index contributed by atoms with van der Waals surface area (Å²) in [6.45, 7) is 2.67. The molecule has 3 N–H and O–H groups in total. The Hall–Kier alpha value is -2.09. The van der Waals surface area contributed by atoms with E-state index in [1.165, 1.54) is 13.2 Å². The van der Waals surface area contributed by atoms with Gasteiger partial charge in [0.15, 0.2) is 0 Å². The summed E-state index contributed by atoms with van der Waals surface area (Å²) in [6.07, 6.45) is 0. The number of esters is 1. The van der Waals surface area contributed by atoms with E-state index in [-0.39, 0.29) is 18.4 Å². The van der Waals surface area contributed by atoms with Crippen LogP contribution in [0, 0.1) is 0 Å². The van der Waals surface area contributed by atoms with Gasteiger partial charge in [0.1, 0.15) is 11.5 Å². The zero-order valence-electron chi connectivity index (χ0n) is 10.8. The van der Waals surface area contributed by atoms with Gasteiger partial charge in [-0.2, -0.15) is 5.10 Å². The molecule has 1 aliphatic heterocycles. The molecule has 0 unspecified atom stereocenters. The van der Waals surface area contributed by atoms with Gasteiger partial charge in [-0.15, -0.1) is 0 Å². The van der Waals surface area contributed by atoms with Crippen molar-refractivity contribution in [2.75, 3.05) is 45.6 Å². The normalized spacial score (nSPS) is 16.4. The van der Waals surface area contributed by atoms with Crippen LogP contribution in [0.15, 0.2) is 6.07 Å². The highest BCUT2D eigenvalue weighted by atomic mass is 16.5. The maximum Gasteiger partial charge on any atom is 0.319 e. The number of hydrogen-bond donors (Lipinski definition) is 2. The fourth-order valence-electron chi connectivity index (χ4n) is 1.97. The van der Waals surface area contributed by atoms with Crippen LogP contribution in [-0.4, -0.2) is 71.7 Å². The van der Waals surface area contributed by atoms with Gasteiger partial charge < -0.3 is 15.4 Å². The van der Waals surface area contributed by atoms with Crippen LogP contribution in [0.25, 0.3) is 0 Å². The summed E-state index contributed by atoms with van der Waals surface area (Å²) in [5.41, 5.74) is 5.85. The molecule has 1 amide bonds. The van der Waals surface area contributed by atoms with Crippen molar-refractivity contribution in [3.63, 3.8) is 0 Å². The van der Waals surface area contributed by atoms with Crippen molar-refractivity contribution in [2.24, 2.45) is 0 Å². The summed E-state index contributed by atoms with van der Waals surface area (Å²) in [7, 11) is 1.37. The number of methoxy groups -OCH3 is 1. The molecule has 0 radical (unpaired) electrons. The lowest BCUT2D eigenvalue weighted by Crippen LogP contribution is -2.50. The number of H-pyrrole nitrogens is 1. The van der Waals surface area contributed by atoms with Gasteiger partial charge in [0.05, 0.1) is 13.7 Å². The van der Waals surface area contributed by atoms with E-state index in [0.29, 0.717) is 37.7 Å². The van der Waals surface area contributed by atoms with Crippen LogP contribution >= 0.6 is 0 Å². The first-order valence-electron chi connectivity index (χ1n) is 5.99. The van der Waals surface area contributed by atoms with Gasteiger partial charge in [0, 0.05) is 32.2 Å². The summed E-state index contributed by atoms with van der Waals surface area (Å²) in [5, 5.41) is 6.33. The van der Waals surface area contributed by atoms with Crippen molar-refractivity contribution in [2.45, 2.75) is 0 Å². The number of nitrogens with zero attached hydrogens (tertiary/aromatic N) is 3. The van der Waals surface area contributed by atoms with Crippen molar-refractivity contribution in [3.8, 4) is 0 Å². The van der Waals surface area contributed by atoms with Crippen LogP contribution in [-0.2, 0) is 9.53 Å². The Balaban J connectivity index is 1.86. The maximum absolute atomic E-state index is 12.1. The first-order valence-corrected chi connectivity index (χ1v) is 5.99. The second kappa shape index (κ2) is 5.70. The van der Waals surface area contributed by atoms with Crippen LogP contribution in [0.1, 0.15) is 10.5 Å². The number of hydrogen-bond acceptors (Lipinski definition) is 6. The topological polar surface area (TPSA) is 105 Å². The van der Waals surface area contributed by atoms with Crippen molar-refractivity contribution in [1.29, 1.82) is 0 Å². The Labute approximate surface area is 110 Å². The Kier molecular flexibility index (Phi) is 4.00. The van der Waals surface area contributed by atoms with E-state index in [1.807, 2.05) is 4.90 Å². The van der Waals surface area contributed by atoms with Crippen LogP contribution < -0.4 is 5.73 Å².